The van der Waals surface area contributed by atoms with Gasteiger partial charge in [-0.1, -0.05) is 37.3 Å². The summed E-state index contributed by atoms with van der Waals surface area (Å²) in [5.41, 5.74) is 4.95. The Labute approximate surface area is 234 Å². The fraction of sp³-hybridized carbons (Fsp3) is 0.375. The van der Waals surface area contributed by atoms with Gasteiger partial charge in [-0.3, -0.25) is 9.59 Å². The number of rotatable bonds is 9. The molecule has 208 valence electrons. The van der Waals surface area contributed by atoms with Crippen LogP contribution in [0.4, 0.5) is 0 Å². The van der Waals surface area contributed by atoms with E-state index in [9.17, 15) is 14.4 Å². The minimum atomic E-state index is -0.523. The highest BCUT2D eigenvalue weighted by molar-refractivity contribution is 6.07. The number of likely N-dealkylation sites (tertiary alicyclic amines) is 1. The van der Waals surface area contributed by atoms with Crippen molar-refractivity contribution in [3.8, 4) is 5.75 Å². The Morgan fingerprint density at radius 2 is 1.93 bits per heavy atom. The van der Waals surface area contributed by atoms with E-state index in [4.69, 9.17) is 14.5 Å². The molecule has 0 radical (unpaired) electrons. The lowest BCUT2D eigenvalue weighted by molar-refractivity contribution is -0.127. The van der Waals surface area contributed by atoms with Crippen molar-refractivity contribution >= 4 is 40.3 Å². The van der Waals surface area contributed by atoms with Crippen LogP contribution in [0.3, 0.4) is 0 Å². The first kappa shape index (κ1) is 27.4. The summed E-state index contributed by atoms with van der Waals surface area (Å²) in [6, 6.07) is 15.4. The van der Waals surface area contributed by atoms with Crippen LogP contribution in [0.5, 0.6) is 5.75 Å². The third-order valence-electron chi connectivity index (χ3n) is 7.51. The van der Waals surface area contributed by atoms with Crippen molar-refractivity contribution in [2.75, 3.05) is 33.4 Å². The number of nitrogens with one attached hydrogen (secondary N) is 1. The van der Waals surface area contributed by atoms with Crippen LogP contribution in [0.15, 0.2) is 48.5 Å². The van der Waals surface area contributed by atoms with Gasteiger partial charge < -0.3 is 19.7 Å². The van der Waals surface area contributed by atoms with Crippen LogP contribution < -0.4 is 10.1 Å². The Hall–Kier alpha value is -4.20. The highest BCUT2D eigenvalue weighted by Gasteiger charge is 2.29. The fourth-order valence-corrected chi connectivity index (χ4v) is 5.56. The number of amides is 2. The summed E-state index contributed by atoms with van der Waals surface area (Å²) in [7, 11) is 1.64. The van der Waals surface area contributed by atoms with E-state index < -0.39 is 5.97 Å². The van der Waals surface area contributed by atoms with Crippen molar-refractivity contribution in [2.24, 2.45) is 5.92 Å². The molecule has 1 N–H and O–H groups in total. The molecule has 2 aromatic carbocycles. The quantitative estimate of drug-likeness (QED) is 0.313. The molecule has 1 fully saturated rings. The number of nitrogens with zero attached hydrogens (tertiary/aromatic N) is 2. The number of pyridine rings is 1. The van der Waals surface area contributed by atoms with Crippen molar-refractivity contribution in [3.05, 3.63) is 70.9 Å². The molecule has 1 aliphatic heterocycles. The van der Waals surface area contributed by atoms with Crippen LogP contribution in [0.2, 0.25) is 0 Å². The number of methoxy groups -OCH3 is 1. The number of esters is 1. The van der Waals surface area contributed by atoms with Crippen LogP contribution in [0.25, 0.3) is 22.6 Å². The topological polar surface area (TPSA) is 97.8 Å². The smallest absolute Gasteiger partial charge is 0.339 e. The molecule has 2 amide bonds. The summed E-state index contributed by atoms with van der Waals surface area (Å²) in [6.45, 7) is 3.63. The number of allylic oxidation sites excluding steroid dienone is 1. The molecule has 2 aliphatic rings. The molecule has 8 heteroatoms. The zero-order valence-electron chi connectivity index (χ0n) is 23.1. The summed E-state index contributed by atoms with van der Waals surface area (Å²) in [6.07, 6.45) is 5.81. The van der Waals surface area contributed by atoms with Crippen LogP contribution in [0.1, 0.15) is 59.8 Å². The van der Waals surface area contributed by atoms with Crippen molar-refractivity contribution in [1.29, 1.82) is 0 Å². The molecular weight excluding hydrogens is 506 g/mol. The zero-order valence-corrected chi connectivity index (χ0v) is 23.1. The summed E-state index contributed by atoms with van der Waals surface area (Å²) in [5, 5.41) is 3.51. The second-order valence-electron chi connectivity index (χ2n) is 10.6. The van der Waals surface area contributed by atoms with Crippen LogP contribution >= 0.6 is 0 Å². The van der Waals surface area contributed by atoms with Gasteiger partial charge in [-0.25, -0.2) is 9.78 Å². The molecule has 8 nitrogen and oxygen atoms in total. The van der Waals surface area contributed by atoms with E-state index in [2.05, 4.69) is 18.3 Å². The van der Waals surface area contributed by atoms with Crippen molar-refractivity contribution in [2.45, 2.75) is 39.0 Å². The van der Waals surface area contributed by atoms with Gasteiger partial charge in [0.15, 0.2) is 6.61 Å². The number of hydrogen-bond acceptors (Lipinski definition) is 6. The van der Waals surface area contributed by atoms with Gasteiger partial charge in [0.25, 0.3) is 5.91 Å². The molecule has 2 heterocycles. The van der Waals surface area contributed by atoms with E-state index in [-0.39, 0.29) is 18.4 Å². The first-order valence-corrected chi connectivity index (χ1v) is 13.9. The van der Waals surface area contributed by atoms with Gasteiger partial charge in [0.05, 0.1) is 23.9 Å². The third kappa shape index (κ3) is 6.17. The average Bonchev–Trinajstić information content (AvgIpc) is 3.37. The third-order valence-corrected chi connectivity index (χ3v) is 7.51. The van der Waals surface area contributed by atoms with Gasteiger partial charge in [0.1, 0.15) is 5.75 Å². The van der Waals surface area contributed by atoms with Crippen molar-refractivity contribution in [1.82, 2.24) is 15.2 Å². The Bertz CT molecular complexity index is 1450. The first-order chi connectivity index (χ1) is 19.4. The molecule has 1 aliphatic carbocycles. The minimum Gasteiger partial charge on any atom is -0.497 e. The Balaban J connectivity index is 1.34. The monoisotopic (exact) mass is 541 g/mol. The van der Waals surface area contributed by atoms with Gasteiger partial charge in [-0.2, -0.15) is 0 Å². The standard InChI is InChI=1S/C32H35N3O5/c1-21-17-23(19-22-10-12-24(39-2)13-11-22)31-26(18-21)30(25-7-3-4-8-27(25)34-31)32(38)40-20-28(36)33-14-6-16-35-15-5-9-29(35)37/h3-4,7-8,10-13,19,21H,5-6,9,14-18,20H2,1-2H3,(H,33,36)/b23-19+/t21-/m1/s1. The summed E-state index contributed by atoms with van der Waals surface area (Å²) in [5.74, 6) is 0.383. The van der Waals surface area contributed by atoms with Gasteiger partial charge in [-0.15, -0.1) is 0 Å². The lowest BCUT2D eigenvalue weighted by Crippen LogP contribution is -2.33. The Morgan fingerprint density at radius 1 is 1.12 bits per heavy atom. The van der Waals surface area contributed by atoms with Crippen molar-refractivity contribution in [3.63, 3.8) is 0 Å². The normalized spacial score (nSPS) is 17.6. The maximum atomic E-state index is 13.5. The molecule has 3 aromatic rings. The molecule has 1 atom stereocenters. The van der Waals surface area contributed by atoms with E-state index in [0.29, 0.717) is 49.4 Å². The Kier molecular flexibility index (Phi) is 8.43. The van der Waals surface area contributed by atoms with E-state index in [1.165, 1.54) is 0 Å². The molecule has 0 saturated carbocycles. The molecule has 1 aromatic heterocycles. The van der Waals surface area contributed by atoms with Crippen LogP contribution in [-0.4, -0.2) is 61.0 Å². The molecular formula is C32H35N3O5. The van der Waals surface area contributed by atoms with Crippen LogP contribution in [-0.2, 0) is 20.7 Å². The number of ether oxygens (including phenoxy) is 2. The second kappa shape index (κ2) is 12.3. The number of benzene rings is 2. The number of hydrogen-bond donors (Lipinski definition) is 1. The van der Waals surface area contributed by atoms with Gasteiger partial charge in [-0.05, 0) is 72.6 Å². The van der Waals surface area contributed by atoms with Gasteiger partial charge in [0.2, 0.25) is 5.91 Å². The lowest BCUT2D eigenvalue weighted by atomic mass is 9.80. The lowest BCUT2D eigenvalue weighted by Gasteiger charge is -2.26. The van der Waals surface area contributed by atoms with Gasteiger partial charge in [0, 0.05) is 31.4 Å². The molecule has 0 spiro atoms. The van der Waals surface area contributed by atoms with Gasteiger partial charge >= 0.3 is 5.97 Å². The van der Waals surface area contributed by atoms with Crippen LogP contribution in [0, 0.1) is 5.92 Å². The first-order valence-electron chi connectivity index (χ1n) is 13.9. The highest BCUT2D eigenvalue weighted by Crippen LogP contribution is 2.38. The molecule has 0 bridgehead atoms. The average molecular weight is 542 g/mol. The van der Waals surface area contributed by atoms with E-state index in [0.717, 1.165) is 52.9 Å². The highest BCUT2D eigenvalue weighted by atomic mass is 16.5. The number of para-hydroxylation sites is 1. The summed E-state index contributed by atoms with van der Waals surface area (Å²) in [4.78, 5) is 44.5. The number of carbonyl (C=O) groups excluding carboxylic acids is 3. The number of aromatic nitrogens is 1. The fourth-order valence-electron chi connectivity index (χ4n) is 5.56. The molecule has 40 heavy (non-hydrogen) atoms. The second-order valence-corrected chi connectivity index (χ2v) is 10.6. The predicted octanol–water partition coefficient (Wildman–Crippen LogP) is 4.65. The summed E-state index contributed by atoms with van der Waals surface area (Å²) < 4.78 is 10.8. The largest absolute Gasteiger partial charge is 0.497 e. The SMILES string of the molecule is COc1ccc(/C=C2\C[C@@H](C)Cc3c2nc2ccccc2c3C(=O)OCC(=O)NCCCN2CCCC2=O)cc1. The molecule has 1 saturated heterocycles. The molecule has 5 rings (SSSR count). The zero-order chi connectivity index (χ0) is 28.1. The summed E-state index contributed by atoms with van der Waals surface area (Å²) >= 11 is 0. The van der Waals surface area contributed by atoms with Crippen molar-refractivity contribution < 1.29 is 23.9 Å². The maximum absolute atomic E-state index is 13.5. The molecule has 0 unspecified atom stereocenters. The maximum Gasteiger partial charge on any atom is 0.339 e. The number of carbonyl (C=O) groups is 3. The van der Waals surface area contributed by atoms with E-state index in [1.54, 1.807) is 7.11 Å². The van der Waals surface area contributed by atoms with E-state index >= 15 is 0 Å². The van der Waals surface area contributed by atoms with E-state index in [1.807, 2.05) is 53.4 Å². The minimum absolute atomic E-state index is 0.171. The predicted molar refractivity (Wildman–Crippen MR) is 154 cm³/mol. The Morgan fingerprint density at radius 3 is 2.67 bits per heavy atom. The number of fused-ring (bicyclic) bond motifs is 2.